The molecule has 3 rings (SSSR count). The lowest BCUT2D eigenvalue weighted by Crippen LogP contribution is -2.36. The highest BCUT2D eigenvalue weighted by Gasteiger charge is 2.21. The smallest absolute Gasteiger partial charge is 0.339 e. The summed E-state index contributed by atoms with van der Waals surface area (Å²) in [6.45, 7) is 6.45. The molecule has 1 atom stereocenters. The average molecular weight is 428 g/mol. The summed E-state index contributed by atoms with van der Waals surface area (Å²) in [7, 11) is 3.02. The molecule has 0 spiro atoms. The van der Waals surface area contributed by atoms with Gasteiger partial charge < -0.3 is 29.2 Å². The molecule has 1 saturated heterocycles. The van der Waals surface area contributed by atoms with E-state index in [1.165, 1.54) is 21.1 Å². The van der Waals surface area contributed by atoms with Crippen LogP contribution in [-0.2, 0) is 14.3 Å². The minimum absolute atomic E-state index is 0.244. The van der Waals surface area contributed by atoms with Gasteiger partial charge in [0.2, 0.25) is 0 Å². The van der Waals surface area contributed by atoms with Crippen LogP contribution in [0.4, 0.5) is 11.4 Å². The van der Waals surface area contributed by atoms with Crippen LogP contribution in [0.3, 0.4) is 0 Å². The van der Waals surface area contributed by atoms with Crippen LogP contribution in [0.5, 0.6) is 11.5 Å². The number of benzene rings is 2. The van der Waals surface area contributed by atoms with Gasteiger partial charge in [-0.2, -0.15) is 0 Å². The highest BCUT2D eigenvalue weighted by atomic mass is 16.5. The van der Waals surface area contributed by atoms with Crippen LogP contribution < -0.4 is 19.7 Å². The third-order valence-corrected chi connectivity index (χ3v) is 5.15. The van der Waals surface area contributed by atoms with Gasteiger partial charge in [-0.3, -0.25) is 4.79 Å². The molecule has 0 radical (unpaired) electrons. The number of carbonyl (C=O) groups is 2. The number of morpholine rings is 1. The van der Waals surface area contributed by atoms with Crippen molar-refractivity contribution in [2.45, 2.75) is 20.0 Å². The molecule has 31 heavy (non-hydrogen) atoms. The number of hydrogen-bond donors (Lipinski definition) is 1. The van der Waals surface area contributed by atoms with E-state index in [1.807, 2.05) is 31.2 Å². The Morgan fingerprint density at radius 1 is 1.03 bits per heavy atom. The van der Waals surface area contributed by atoms with Gasteiger partial charge in [-0.15, -0.1) is 0 Å². The molecular formula is C23H28N2O6. The number of nitrogens with one attached hydrogen (secondary N) is 1. The van der Waals surface area contributed by atoms with E-state index in [0.29, 0.717) is 30.4 Å². The number of amides is 1. The zero-order chi connectivity index (χ0) is 22.4. The van der Waals surface area contributed by atoms with Crippen molar-refractivity contribution in [1.82, 2.24) is 0 Å². The summed E-state index contributed by atoms with van der Waals surface area (Å²) in [5.41, 5.74) is 2.72. The number of rotatable bonds is 7. The van der Waals surface area contributed by atoms with Crippen LogP contribution in [0.1, 0.15) is 22.8 Å². The maximum Gasteiger partial charge on any atom is 0.339 e. The summed E-state index contributed by atoms with van der Waals surface area (Å²) in [6.07, 6.45) is -0.982. The molecule has 1 amide bonds. The Bertz CT molecular complexity index is 897. The average Bonchev–Trinajstić information content (AvgIpc) is 2.80. The summed E-state index contributed by atoms with van der Waals surface area (Å²) >= 11 is 0. The molecule has 1 N–H and O–H groups in total. The molecule has 1 aliphatic rings. The molecule has 0 saturated carbocycles. The van der Waals surface area contributed by atoms with Crippen molar-refractivity contribution in [2.75, 3.05) is 50.7 Å². The molecule has 8 nitrogen and oxygen atoms in total. The molecule has 0 aliphatic carbocycles. The van der Waals surface area contributed by atoms with Gasteiger partial charge in [0.25, 0.3) is 5.91 Å². The van der Waals surface area contributed by atoms with E-state index in [1.54, 1.807) is 12.1 Å². The fourth-order valence-electron chi connectivity index (χ4n) is 3.31. The van der Waals surface area contributed by atoms with Crippen molar-refractivity contribution in [3.63, 3.8) is 0 Å². The predicted molar refractivity (Wildman–Crippen MR) is 117 cm³/mol. The standard InChI is InChI=1S/C23H28N2O6/c1-15-20(28-3)13-17(14-21(15)29-4)23(27)31-16(2)22(26)24-18-5-7-19(8-6-18)25-9-11-30-12-10-25/h5-8,13-14,16H,9-12H2,1-4H3,(H,24,26). The monoisotopic (exact) mass is 428 g/mol. The minimum Gasteiger partial charge on any atom is -0.496 e. The van der Waals surface area contributed by atoms with E-state index in [4.69, 9.17) is 18.9 Å². The number of nitrogens with zero attached hydrogens (tertiary/aromatic N) is 1. The van der Waals surface area contributed by atoms with Gasteiger partial charge in [0.15, 0.2) is 6.10 Å². The SMILES string of the molecule is COc1cc(C(=O)OC(C)C(=O)Nc2ccc(N3CCOCC3)cc2)cc(OC)c1C. The van der Waals surface area contributed by atoms with Gasteiger partial charge in [0.05, 0.1) is 33.0 Å². The lowest BCUT2D eigenvalue weighted by molar-refractivity contribution is -0.123. The number of hydrogen-bond acceptors (Lipinski definition) is 7. The van der Waals surface area contributed by atoms with Crippen molar-refractivity contribution in [2.24, 2.45) is 0 Å². The van der Waals surface area contributed by atoms with Gasteiger partial charge in [0, 0.05) is 30.0 Å². The third kappa shape index (κ3) is 5.46. The van der Waals surface area contributed by atoms with Crippen LogP contribution in [0.15, 0.2) is 36.4 Å². The highest BCUT2D eigenvalue weighted by molar-refractivity contribution is 5.97. The van der Waals surface area contributed by atoms with Crippen molar-refractivity contribution in [1.29, 1.82) is 0 Å². The molecule has 2 aromatic carbocycles. The number of methoxy groups -OCH3 is 2. The third-order valence-electron chi connectivity index (χ3n) is 5.15. The van der Waals surface area contributed by atoms with Crippen molar-refractivity contribution in [3.05, 3.63) is 47.5 Å². The highest BCUT2D eigenvalue weighted by Crippen LogP contribution is 2.30. The fourth-order valence-corrected chi connectivity index (χ4v) is 3.31. The Morgan fingerprint density at radius 2 is 1.61 bits per heavy atom. The Morgan fingerprint density at radius 3 is 2.16 bits per heavy atom. The molecular weight excluding hydrogens is 400 g/mol. The van der Waals surface area contributed by atoms with Crippen LogP contribution in [0.25, 0.3) is 0 Å². The van der Waals surface area contributed by atoms with E-state index < -0.39 is 18.0 Å². The first-order chi connectivity index (χ1) is 14.9. The summed E-state index contributed by atoms with van der Waals surface area (Å²) in [5.74, 6) is -0.0482. The lowest BCUT2D eigenvalue weighted by Gasteiger charge is -2.28. The van der Waals surface area contributed by atoms with Crippen LogP contribution in [0.2, 0.25) is 0 Å². The van der Waals surface area contributed by atoms with Crippen molar-refractivity contribution >= 4 is 23.3 Å². The topological polar surface area (TPSA) is 86.3 Å². The summed E-state index contributed by atoms with van der Waals surface area (Å²) in [6, 6.07) is 10.7. The second-order valence-corrected chi connectivity index (χ2v) is 7.19. The molecule has 1 unspecified atom stereocenters. The molecule has 1 heterocycles. The number of anilines is 2. The van der Waals surface area contributed by atoms with Crippen molar-refractivity contribution in [3.8, 4) is 11.5 Å². The number of esters is 1. The maximum atomic E-state index is 12.6. The molecule has 0 aromatic heterocycles. The molecule has 1 fully saturated rings. The van der Waals surface area contributed by atoms with E-state index >= 15 is 0 Å². The maximum absolute atomic E-state index is 12.6. The second kappa shape index (κ2) is 10.2. The first kappa shape index (κ1) is 22.4. The predicted octanol–water partition coefficient (Wildman–Crippen LogP) is 3.03. The Kier molecular flexibility index (Phi) is 7.36. The van der Waals surface area contributed by atoms with E-state index in [2.05, 4.69) is 10.2 Å². The van der Waals surface area contributed by atoms with E-state index in [0.717, 1.165) is 24.3 Å². The van der Waals surface area contributed by atoms with E-state index in [-0.39, 0.29) is 5.56 Å². The van der Waals surface area contributed by atoms with Gasteiger partial charge in [-0.05, 0) is 50.2 Å². The van der Waals surface area contributed by atoms with E-state index in [9.17, 15) is 9.59 Å². The fraction of sp³-hybridized carbons (Fsp3) is 0.391. The molecule has 2 aromatic rings. The quantitative estimate of drug-likeness (QED) is 0.679. The zero-order valence-corrected chi connectivity index (χ0v) is 18.3. The first-order valence-electron chi connectivity index (χ1n) is 10.1. The second-order valence-electron chi connectivity index (χ2n) is 7.19. The summed E-state index contributed by atoms with van der Waals surface area (Å²) in [4.78, 5) is 27.3. The molecule has 166 valence electrons. The zero-order valence-electron chi connectivity index (χ0n) is 18.3. The Hall–Kier alpha value is -3.26. The largest absolute Gasteiger partial charge is 0.496 e. The molecule has 8 heteroatoms. The van der Waals surface area contributed by atoms with Gasteiger partial charge in [0.1, 0.15) is 11.5 Å². The van der Waals surface area contributed by atoms with Crippen LogP contribution in [-0.4, -0.2) is 58.5 Å². The molecule has 0 bridgehead atoms. The van der Waals surface area contributed by atoms with Gasteiger partial charge in [-0.25, -0.2) is 4.79 Å². The summed E-state index contributed by atoms with van der Waals surface area (Å²) in [5, 5.41) is 2.77. The summed E-state index contributed by atoms with van der Waals surface area (Å²) < 4.78 is 21.3. The minimum atomic E-state index is -0.982. The first-order valence-corrected chi connectivity index (χ1v) is 10.1. The number of carbonyl (C=O) groups excluding carboxylic acids is 2. The van der Waals surface area contributed by atoms with Crippen LogP contribution >= 0.6 is 0 Å². The van der Waals surface area contributed by atoms with Gasteiger partial charge in [-0.1, -0.05) is 0 Å². The Balaban J connectivity index is 1.61. The lowest BCUT2D eigenvalue weighted by atomic mass is 10.1. The van der Waals surface area contributed by atoms with Crippen molar-refractivity contribution < 1.29 is 28.5 Å². The normalized spacial score (nSPS) is 14.5. The molecule has 1 aliphatic heterocycles. The Labute approximate surface area is 182 Å². The van der Waals surface area contributed by atoms with Crippen LogP contribution in [0, 0.1) is 6.92 Å². The van der Waals surface area contributed by atoms with Gasteiger partial charge >= 0.3 is 5.97 Å². The number of ether oxygens (including phenoxy) is 4.